The highest BCUT2D eigenvalue weighted by Gasteiger charge is 2.17. The average molecular weight is 358 g/mol. The van der Waals surface area contributed by atoms with Gasteiger partial charge in [-0.1, -0.05) is 0 Å². The minimum atomic E-state index is -1.39. The van der Waals surface area contributed by atoms with E-state index >= 15 is 0 Å². The Morgan fingerprint density at radius 3 is 1.72 bits per heavy atom. The lowest BCUT2D eigenvalue weighted by Crippen LogP contribution is -2.05. The molecule has 0 aliphatic carbocycles. The maximum absolute atomic E-state index is 13.1. The van der Waals surface area contributed by atoms with Crippen LogP contribution in [-0.4, -0.2) is 22.2 Å². The number of carbonyl (C=O) groups is 2. The Morgan fingerprint density at radius 2 is 1.24 bits per heavy atom. The number of hydrogen-bond donors (Lipinski definition) is 2. The third-order valence-electron chi connectivity index (χ3n) is 3.38. The molecule has 0 spiro atoms. The number of halogens is 4. The summed E-state index contributed by atoms with van der Waals surface area (Å²) in [7, 11) is 0. The molecule has 2 aromatic rings. The van der Waals surface area contributed by atoms with Crippen LogP contribution in [0.5, 0.6) is 0 Å². The van der Waals surface area contributed by atoms with E-state index in [4.69, 9.17) is 10.2 Å². The van der Waals surface area contributed by atoms with Gasteiger partial charge in [0.15, 0.2) is 0 Å². The van der Waals surface area contributed by atoms with Crippen LogP contribution in [0, 0.1) is 44.0 Å². The number of aryl methyl sites for hydroxylation is 1. The zero-order valence-electron chi connectivity index (χ0n) is 13.5. The number of rotatable bonds is 2. The molecule has 0 aromatic heterocycles. The van der Waals surface area contributed by atoms with Gasteiger partial charge in [-0.25, -0.2) is 27.2 Å². The first kappa shape index (κ1) is 20.1. The fourth-order valence-corrected chi connectivity index (χ4v) is 1.92. The number of benzene rings is 2. The summed E-state index contributed by atoms with van der Waals surface area (Å²) >= 11 is 0. The molecular formula is C17H14F4O4. The van der Waals surface area contributed by atoms with Gasteiger partial charge in [-0.15, -0.1) is 0 Å². The fourth-order valence-electron chi connectivity index (χ4n) is 1.92. The van der Waals surface area contributed by atoms with Crippen LogP contribution in [-0.2, 0) is 0 Å². The topological polar surface area (TPSA) is 74.6 Å². The smallest absolute Gasteiger partial charge is 0.338 e. The quantitative estimate of drug-likeness (QED) is 0.787. The van der Waals surface area contributed by atoms with Gasteiger partial charge in [0.05, 0.1) is 11.1 Å². The van der Waals surface area contributed by atoms with Crippen LogP contribution in [0.15, 0.2) is 18.2 Å². The maximum atomic E-state index is 13.1. The molecule has 0 atom stereocenters. The zero-order chi connectivity index (χ0) is 19.5. The van der Waals surface area contributed by atoms with Crippen molar-refractivity contribution in [2.45, 2.75) is 20.8 Å². The first-order valence-corrected chi connectivity index (χ1v) is 6.85. The monoisotopic (exact) mass is 358 g/mol. The summed E-state index contributed by atoms with van der Waals surface area (Å²) in [4.78, 5) is 20.8. The molecule has 8 heteroatoms. The van der Waals surface area contributed by atoms with Crippen molar-refractivity contribution in [2.75, 3.05) is 0 Å². The molecule has 2 N–H and O–H groups in total. The Bertz CT molecular complexity index is 847. The lowest BCUT2D eigenvalue weighted by atomic mass is 10.1. The van der Waals surface area contributed by atoms with Gasteiger partial charge >= 0.3 is 11.9 Å². The summed E-state index contributed by atoms with van der Waals surface area (Å²) in [5.41, 5.74) is -1.38. The second-order valence-corrected chi connectivity index (χ2v) is 5.14. The highest BCUT2D eigenvalue weighted by atomic mass is 19.1. The number of hydrogen-bond acceptors (Lipinski definition) is 2. The zero-order valence-corrected chi connectivity index (χ0v) is 13.5. The van der Waals surface area contributed by atoms with Gasteiger partial charge in [0.2, 0.25) is 0 Å². The van der Waals surface area contributed by atoms with E-state index in [1.165, 1.54) is 20.8 Å². The summed E-state index contributed by atoms with van der Waals surface area (Å²) in [6, 6.07) is 2.82. The number of carboxylic acids is 2. The predicted octanol–water partition coefficient (Wildman–Crippen LogP) is 4.25. The average Bonchev–Trinajstić information content (AvgIpc) is 2.54. The second-order valence-electron chi connectivity index (χ2n) is 5.14. The highest BCUT2D eigenvalue weighted by Crippen LogP contribution is 2.19. The van der Waals surface area contributed by atoms with Crippen molar-refractivity contribution >= 4 is 11.9 Å². The van der Waals surface area contributed by atoms with Crippen LogP contribution in [0.1, 0.15) is 37.4 Å². The molecule has 2 rings (SSSR count). The summed E-state index contributed by atoms with van der Waals surface area (Å²) in [5.74, 6) is -6.22. The number of aromatic carboxylic acids is 2. The first-order valence-electron chi connectivity index (χ1n) is 6.85. The Balaban J connectivity index is 0.000000251. The summed E-state index contributed by atoms with van der Waals surface area (Å²) in [6.07, 6.45) is 0. The molecule has 4 nitrogen and oxygen atoms in total. The van der Waals surface area contributed by atoms with E-state index in [1.807, 2.05) is 0 Å². The Morgan fingerprint density at radius 1 is 0.760 bits per heavy atom. The summed E-state index contributed by atoms with van der Waals surface area (Å²) < 4.78 is 51.6. The Kier molecular flexibility index (Phi) is 6.27. The lowest BCUT2D eigenvalue weighted by Gasteiger charge is -2.05. The van der Waals surface area contributed by atoms with Gasteiger partial charge in [0.1, 0.15) is 23.3 Å². The van der Waals surface area contributed by atoms with Crippen LogP contribution in [0.25, 0.3) is 0 Å². The van der Waals surface area contributed by atoms with E-state index in [9.17, 15) is 27.2 Å². The third-order valence-corrected chi connectivity index (χ3v) is 3.38. The third kappa shape index (κ3) is 4.34. The molecule has 0 saturated carbocycles. The minimum Gasteiger partial charge on any atom is -0.478 e. The highest BCUT2D eigenvalue weighted by molar-refractivity contribution is 5.88. The van der Waals surface area contributed by atoms with Gasteiger partial charge in [-0.3, -0.25) is 0 Å². The standard InChI is InChI=1S/C9H8F2O2.C8H6F2O2/c1-4-3-6(9(12)13)8(11)5(2)7(4)10;1-4-6(9)3-2-5(7(4)10)8(11)12/h3H,1-2H3,(H,12,13);2-3H,1H3,(H,11,12). The van der Waals surface area contributed by atoms with Gasteiger partial charge in [-0.05, 0) is 44.5 Å². The molecule has 134 valence electrons. The molecule has 0 radical (unpaired) electrons. The van der Waals surface area contributed by atoms with Crippen molar-refractivity contribution in [2.24, 2.45) is 0 Å². The van der Waals surface area contributed by atoms with Crippen molar-refractivity contribution in [1.29, 1.82) is 0 Å². The fraction of sp³-hybridized carbons (Fsp3) is 0.176. The van der Waals surface area contributed by atoms with E-state index < -0.39 is 46.3 Å². The molecule has 2 aromatic carbocycles. The van der Waals surface area contributed by atoms with Crippen molar-refractivity contribution in [3.8, 4) is 0 Å². The Hall–Kier alpha value is -2.90. The second kappa shape index (κ2) is 7.78. The predicted molar refractivity (Wildman–Crippen MR) is 80.8 cm³/mol. The molecule has 0 saturated heterocycles. The molecule has 25 heavy (non-hydrogen) atoms. The van der Waals surface area contributed by atoms with E-state index in [1.54, 1.807) is 0 Å². The van der Waals surface area contributed by atoms with Crippen LogP contribution in [0.2, 0.25) is 0 Å². The van der Waals surface area contributed by atoms with Gasteiger partial charge in [0.25, 0.3) is 0 Å². The van der Waals surface area contributed by atoms with E-state index in [0.29, 0.717) is 0 Å². The molecular weight excluding hydrogens is 344 g/mol. The molecule has 0 heterocycles. The Labute approximate surface area is 140 Å². The van der Waals surface area contributed by atoms with Crippen molar-refractivity contribution in [1.82, 2.24) is 0 Å². The van der Waals surface area contributed by atoms with Gasteiger partial charge in [-0.2, -0.15) is 0 Å². The summed E-state index contributed by atoms with van der Waals surface area (Å²) in [6.45, 7) is 3.80. The molecule has 0 bridgehead atoms. The maximum Gasteiger partial charge on any atom is 0.338 e. The number of carboxylic acid groups (broad SMARTS) is 2. The lowest BCUT2D eigenvalue weighted by molar-refractivity contribution is 0.0680. The van der Waals surface area contributed by atoms with Crippen LogP contribution in [0.4, 0.5) is 17.6 Å². The van der Waals surface area contributed by atoms with E-state index in [-0.39, 0.29) is 16.7 Å². The SMILES string of the molecule is Cc1c(F)ccc(C(=O)O)c1F.Cc1cc(C(=O)O)c(F)c(C)c1F. The van der Waals surface area contributed by atoms with Crippen molar-refractivity contribution < 1.29 is 37.4 Å². The molecule has 0 fully saturated rings. The molecule has 0 aliphatic rings. The van der Waals surface area contributed by atoms with Crippen LogP contribution < -0.4 is 0 Å². The van der Waals surface area contributed by atoms with Gasteiger partial charge < -0.3 is 10.2 Å². The van der Waals surface area contributed by atoms with Crippen molar-refractivity contribution in [3.63, 3.8) is 0 Å². The van der Waals surface area contributed by atoms with E-state index in [2.05, 4.69) is 0 Å². The normalized spacial score (nSPS) is 10.0. The van der Waals surface area contributed by atoms with Crippen LogP contribution >= 0.6 is 0 Å². The minimum absolute atomic E-state index is 0.135. The molecule has 0 aliphatic heterocycles. The van der Waals surface area contributed by atoms with E-state index in [0.717, 1.165) is 18.2 Å². The molecule has 0 amide bonds. The van der Waals surface area contributed by atoms with Crippen LogP contribution in [0.3, 0.4) is 0 Å². The van der Waals surface area contributed by atoms with Gasteiger partial charge in [0, 0.05) is 11.1 Å². The first-order chi connectivity index (χ1) is 11.5. The van der Waals surface area contributed by atoms with Crippen molar-refractivity contribution in [3.05, 3.63) is 69.3 Å². The molecule has 0 unspecified atom stereocenters. The summed E-state index contributed by atoms with van der Waals surface area (Å²) in [5, 5.41) is 17.0. The largest absolute Gasteiger partial charge is 0.478 e.